The smallest absolute Gasteiger partial charge is 0.129 e. The second-order valence-electron chi connectivity index (χ2n) is 4.46. The molecule has 3 nitrogen and oxygen atoms in total. The summed E-state index contributed by atoms with van der Waals surface area (Å²) in [6, 6.07) is 14.8. The molecule has 0 amide bonds. The van der Waals surface area contributed by atoms with Gasteiger partial charge >= 0.3 is 0 Å². The van der Waals surface area contributed by atoms with Crippen molar-refractivity contribution in [1.29, 1.82) is 0 Å². The molecule has 2 aromatic rings. The van der Waals surface area contributed by atoms with Crippen LogP contribution in [0.4, 0.5) is 0 Å². The second kappa shape index (κ2) is 4.35. The molecule has 0 spiro atoms. The van der Waals surface area contributed by atoms with Crippen LogP contribution in [-0.4, -0.2) is 10.2 Å². The zero-order valence-electron chi connectivity index (χ0n) is 9.78. The summed E-state index contributed by atoms with van der Waals surface area (Å²) in [7, 11) is 0. The first-order valence-corrected chi connectivity index (χ1v) is 5.97. The SMILES string of the molecule is Oc1cccc2c1C(O)CC(c1ccccc1)O2. The van der Waals surface area contributed by atoms with Crippen molar-refractivity contribution < 1.29 is 14.9 Å². The Morgan fingerprint density at radius 2 is 1.78 bits per heavy atom. The van der Waals surface area contributed by atoms with Crippen LogP contribution in [0.25, 0.3) is 0 Å². The third-order valence-electron chi connectivity index (χ3n) is 3.25. The first-order chi connectivity index (χ1) is 8.75. The molecule has 2 N–H and O–H groups in total. The van der Waals surface area contributed by atoms with E-state index in [1.807, 2.05) is 30.3 Å². The van der Waals surface area contributed by atoms with Crippen molar-refractivity contribution >= 4 is 0 Å². The summed E-state index contributed by atoms with van der Waals surface area (Å²) < 4.78 is 5.85. The topological polar surface area (TPSA) is 49.7 Å². The number of aliphatic hydroxyl groups excluding tert-OH is 1. The van der Waals surface area contributed by atoms with Crippen LogP contribution in [0.2, 0.25) is 0 Å². The van der Waals surface area contributed by atoms with E-state index in [2.05, 4.69) is 0 Å². The van der Waals surface area contributed by atoms with Gasteiger partial charge in [0.1, 0.15) is 17.6 Å². The number of fused-ring (bicyclic) bond motifs is 1. The summed E-state index contributed by atoms with van der Waals surface area (Å²) >= 11 is 0. The monoisotopic (exact) mass is 242 g/mol. The maximum atomic E-state index is 10.1. The molecule has 92 valence electrons. The predicted molar refractivity (Wildman–Crippen MR) is 67.5 cm³/mol. The predicted octanol–water partition coefficient (Wildman–Crippen LogP) is 2.95. The third kappa shape index (κ3) is 1.83. The molecule has 0 aromatic heterocycles. The summed E-state index contributed by atoms with van der Waals surface area (Å²) in [5.74, 6) is 0.647. The molecule has 0 aliphatic carbocycles. The molecule has 0 bridgehead atoms. The van der Waals surface area contributed by atoms with Crippen LogP contribution in [0.3, 0.4) is 0 Å². The molecule has 3 heteroatoms. The lowest BCUT2D eigenvalue weighted by Crippen LogP contribution is -2.19. The summed E-state index contributed by atoms with van der Waals surface area (Å²) in [4.78, 5) is 0. The second-order valence-corrected chi connectivity index (χ2v) is 4.46. The van der Waals surface area contributed by atoms with Gasteiger partial charge in [-0.25, -0.2) is 0 Å². The van der Waals surface area contributed by atoms with Gasteiger partial charge in [-0.05, 0) is 17.7 Å². The van der Waals surface area contributed by atoms with E-state index in [-0.39, 0.29) is 11.9 Å². The van der Waals surface area contributed by atoms with E-state index in [0.29, 0.717) is 17.7 Å². The van der Waals surface area contributed by atoms with Gasteiger partial charge in [-0.3, -0.25) is 0 Å². The Kier molecular flexibility index (Phi) is 2.68. The lowest BCUT2D eigenvalue weighted by atomic mass is 9.94. The van der Waals surface area contributed by atoms with Gasteiger partial charge in [0.2, 0.25) is 0 Å². The van der Waals surface area contributed by atoms with Crippen LogP contribution in [0.15, 0.2) is 48.5 Å². The minimum Gasteiger partial charge on any atom is -0.507 e. The summed E-state index contributed by atoms with van der Waals surface area (Å²) in [6.07, 6.45) is -0.412. The van der Waals surface area contributed by atoms with Gasteiger partial charge in [0.05, 0.1) is 11.7 Å². The van der Waals surface area contributed by atoms with Crippen LogP contribution < -0.4 is 4.74 Å². The fourth-order valence-corrected chi connectivity index (χ4v) is 2.36. The Bertz CT molecular complexity index is 551. The number of phenols is 1. The van der Waals surface area contributed by atoms with Crippen LogP contribution in [0, 0.1) is 0 Å². The number of phenolic OH excluding ortho intramolecular Hbond substituents is 1. The molecule has 2 aromatic carbocycles. The molecule has 18 heavy (non-hydrogen) atoms. The van der Waals surface area contributed by atoms with Crippen LogP contribution in [0.5, 0.6) is 11.5 Å². The van der Waals surface area contributed by atoms with E-state index < -0.39 is 6.10 Å². The van der Waals surface area contributed by atoms with E-state index >= 15 is 0 Å². The highest BCUT2D eigenvalue weighted by Gasteiger charge is 2.29. The largest absolute Gasteiger partial charge is 0.507 e. The van der Waals surface area contributed by atoms with Gasteiger partial charge in [0, 0.05) is 6.42 Å². The first kappa shape index (κ1) is 11.1. The molecule has 2 atom stereocenters. The van der Waals surface area contributed by atoms with Crippen LogP contribution in [0.1, 0.15) is 29.8 Å². The zero-order valence-corrected chi connectivity index (χ0v) is 9.78. The molecular weight excluding hydrogens is 228 g/mol. The fraction of sp³-hybridized carbons (Fsp3) is 0.200. The molecule has 2 unspecified atom stereocenters. The number of rotatable bonds is 1. The number of aromatic hydroxyl groups is 1. The minimum absolute atomic E-state index is 0.0894. The van der Waals surface area contributed by atoms with Crippen LogP contribution >= 0.6 is 0 Å². The van der Waals surface area contributed by atoms with E-state index in [1.165, 1.54) is 0 Å². The summed E-state index contributed by atoms with van der Waals surface area (Å²) in [5.41, 5.74) is 1.52. The first-order valence-electron chi connectivity index (χ1n) is 5.97. The van der Waals surface area contributed by atoms with Gasteiger partial charge in [-0.1, -0.05) is 36.4 Å². The van der Waals surface area contributed by atoms with Crippen molar-refractivity contribution in [2.75, 3.05) is 0 Å². The highest BCUT2D eigenvalue weighted by molar-refractivity contribution is 5.47. The van der Waals surface area contributed by atoms with Crippen molar-refractivity contribution in [2.45, 2.75) is 18.6 Å². The normalized spacial score (nSPS) is 22.1. The molecule has 1 heterocycles. The highest BCUT2D eigenvalue weighted by atomic mass is 16.5. The standard InChI is InChI=1S/C15H14O3/c16-11-7-4-8-13-15(11)12(17)9-14(18-13)10-5-2-1-3-6-10/h1-8,12,14,16-17H,9H2. The van der Waals surface area contributed by atoms with Gasteiger partial charge in [0.25, 0.3) is 0 Å². The molecule has 1 aliphatic rings. The number of aliphatic hydroxyl groups is 1. The summed E-state index contributed by atoms with van der Waals surface area (Å²) in [5, 5.41) is 19.9. The summed E-state index contributed by atoms with van der Waals surface area (Å²) in [6.45, 7) is 0. The Morgan fingerprint density at radius 3 is 2.56 bits per heavy atom. The van der Waals surface area contributed by atoms with Crippen molar-refractivity contribution in [2.24, 2.45) is 0 Å². The molecule has 0 radical (unpaired) electrons. The third-order valence-corrected chi connectivity index (χ3v) is 3.25. The van der Waals surface area contributed by atoms with E-state index in [4.69, 9.17) is 4.74 Å². The van der Waals surface area contributed by atoms with Crippen molar-refractivity contribution in [1.82, 2.24) is 0 Å². The quantitative estimate of drug-likeness (QED) is 0.808. The Hall–Kier alpha value is -2.00. The van der Waals surface area contributed by atoms with Gasteiger partial charge < -0.3 is 14.9 Å². The van der Waals surface area contributed by atoms with Crippen molar-refractivity contribution in [3.8, 4) is 11.5 Å². The van der Waals surface area contributed by atoms with E-state index in [9.17, 15) is 10.2 Å². The van der Waals surface area contributed by atoms with Gasteiger partial charge in [-0.15, -0.1) is 0 Å². The van der Waals surface area contributed by atoms with Crippen molar-refractivity contribution in [3.63, 3.8) is 0 Å². The lowest BCUT2D eigenvalue weighted by Gasteiger charge is -2.30. The maximum Gasteiger partial charge on any atom is 0.129 e. The zero-order chi connectivity index (χ0) is 12.5. The fourth-order valence-electron chi connectivity index (χ4n) is 2.36. The van der Waals surface area contributed by atoms with Crippen molar-refractivity contribution in [3.05, 3.63) is 59.7 Å². The maximum absolute atomic E-state index is 10.1. The molecular formula is C15H14O3. The molecule has 0 fully saturated rings. The van der Waals surface area contributed by atoms with Gasteiger partial charge in [0.15, 0.2) is 0 Å². The molecule has 3 rings (SSSR count). The highest BCUT2D eigenvalue weighted by Crippen LogP contribution is 2.44. The minimum atomic E-state index is -0.694. The number of benzene rings is 2. The number of hydrogen-bond donors (Lipinski definition) is 2. The number of ether oxygens (including phenoxy) is 1. The Balaban J connectivity index is 1.97. The Labute approximate surface area is 105 Å². The molecule has 1 aliphatic heterocycles. The average molecular weight is 242 g/mol. The average Bonchev–Trinajstić information content (AvgIpc) is 2.39. The van der Waals surface area contributed by atoms with E-state index in [1.54, 1.807) is 18.2 Å². The van der Waals surface area contributed by atoms with Crippen LogP contribution in [-0.2, 0) is 0 Å². The van der Waals surface area contributed by atoms with Gasteiger partial charge in [-0.2, -0.15) is 0 Å². The Morgan fingerprint density at radius 1 is 1.00 bits per heavy atom. The van der Waals surface area contributed by atoms with E-state index in [0.717, 1.165) is 5.56 Å². The lowest BCUT2D eigenvalue weighted by molar-refractivity contribution is 0.0634. The number of hydrogen-bond acceptors (Lipinski definition) is 3. The molecule has 0 saturated heterocycles. The molecule has 0 saturated carbocycles.